The molecule has 0 bridgehead atoms. The summed E-state index contributed by atoms with van der Waals surface area (Å²) in [5, 5.41) is 12.6. The Labute approximate surface area is 370 Å². The second kappa shape index (κ2) is 13.4. The van der Waals surface area contributed by atoms with E-state index in [0.717, 1.165) is 17.1 Å². The lowest BCUT2D eigenvalue weighted by molar-refractivity contribution is 1.20. The first-order valence-electron chi connectivity index (χ1n) is 21.4. The second-order valence-electron chi connectivity index (χ2n) is 16.5. The van der Waals surface area contributed by atoms with Crippen LogP contribution in [-0.2, 0) is 0 Å². The van der Waals surface area contributed by atoms with Crippen molar-refractivity contribution >= 4 is 134 Å². The molecule has 0 atom stereocenters. The van der Waals surface area contributed by atoms with Gasteiger partial charge in [0.1, 0.15) is 0 Å². The molecule has 10 aromatic carbocycles. The summed E-state index contributed by atoms with van der Waals surface area (Å²) in [6, 6.07) is 78.5. The van der Waals surface area contributed by atoms with Crippen LogP contribution in [0.15, 0.2) is 212 Å². The lowest BCUT2D eigenvalue weighted by Gasteiger charge is -2.26. The molecular formula is C58H35N3S2. The van der Waals surface area contributed by atoms with Crippen LogP contribution in [0, 0.1) is 0 Å². The average Bonchev–Trinajstić information content (AvgIpc) is 4.09. The van der Waals surface area contributed by atoms with E-state index in [1.807, 2.05) is 22.7 Å². The molecule has 0 spiro atoms. The molecule has 0 N–H and O–H groups in total. The molecule has 0 saturated heterocycles. The zero-order chi connectivity index (χ0) is 41.2. The summed E-state index contributed by atoms with van der Waals surface area (Å²) in [4.78, 5) is 2.45. The SMILES string of the molecule is c1ccc2cc(N(c3ccc4c(c3)c3ccccc3n4-c3cccc4sc5ccccc5c34)c3ccc4c(c3)c3ccccc3n4-c3cccc4sc5ccccc5c34)ccc2c1. The normalized spacial score (nSPS) is 12.1. The van der Waals surface area contributed by atoms with Gasteiger partial charge in [0.2, 0.25) is 0 Å². The Morgan fingerprint density at radius 1 is 0.286 bits per heavy atom. The standard InChI is InChI=1S/C58H35N3S2/c1-2-14-37-33-38(28-27-36(37)13-1)59(39-29-31-49-45(34-39)41-15-3-7-19-47(41)60(49)51-21-11-25-55-57(51)43-17-5-9-23-53(43)62-55)40-30-32-50-46(35-40)42-16-4-8-20-48(42)61(50)52-22-12-26-56-58(52)44-18-6-10-24-54(44)63-56/h1-35H. The van der Waals surface area contributed by atoms with E-state index in [-0.39, 0.29) is 0 Å². The molecule has 4 heterocycles. The summed E-state index contributed by atoms with van der Waals surface area (Å²) >= 11 is 3.74. The highest BCUT2D eigenvalue weighted by Crippen LogP contribution is 2.46. The number of fused-ring (bicyclic) bond motifs is 13. The van der Waals surface area contributed by atoms with Gasteiger partial charge in [0.15, 0.2) is 0 Å². The van der Waals surface area contributed by atoms with Gasteiger partial charge in [0.05, 0.1) is 33.4 Å². The number of rotatable bonds is 5. The molecule has 0 saturated carbocycles. The minimum absolute atomic E-state index is 1.11. The van der Waals surface area contributed by atoms with Crippen LogP contribution >= 0.6 is 22.7 Å². The van der Waals surface area contributed by atoms with E-state index < -0.39 is 0 Å². The van der Waals surface area contributed by atoms with E-state index >= 15 is 0 Å². The minimum atomic E-state index is 1.11. The molecule has 5 heteroatoms. The molecule has 0 unspecified atom stereocenters. The van der Waals surface area contributed by atoms with E-state index in [4.69, 9.17) is 0 Å². The number of para-hydroxylation sites is 2. The van der Waals surface area contributed by atoms with Crippen molar-refractivity contribution in [2.75, 3.05) is 4.90 Å². The van der Waals surface area contributed by atoms with Crippen molar-refractivity contribution in [1.82, 2.24) is 9.13 Å². The van der Waals surface area contributed by atoms with E-state index in [1.165, 1.54) is 106 Å². The van der Waals surface area contributed by atoms with Crippen LogP contribution in [0.1, 0.15) is 0 Å². The Balaban J connectivity index is 1.01. The fourth-order valence-electron chi connectivity index (χ4n) is 10.4. The molecule has 0 aliphatic rings. The topological polar surface area (TPSA) is 13.1 Å². The minimum Gasteiger partial charge on any atom is -0.310 e. The lowest BCUT2D eigenvalue weighted by Crippen LogP contribution is -2.10. The van der Waals surface area contributed by atoms with E-state index in [2.05, 4.69) is 226 Å². The molecule has 14 aromatic rings. The zero-order valence-electron chi connectivity index (χ0n) is 33.9. The Morgan fingerprint density at radius 2 is 0.698 bits per heavy atom. The molecule has 63 heavy (non-hydrogen) atoms. The Bertz CT molecular complexity index is 3950. The molecular weight excluding hydrogens is 803 g/mol. The highest BCUT2D eigenvalue weighted by atomic mass is 32.1. The van der Waals surface area contributed by atoms with Gasteiger partial charge in [-0.25, -0.2) is 0 Å². The van der Waals surface area contributed by atoms with Crippen LogP contribution in [0.2, 0.25) is 0 Å². The predicted molar refractivity (Wildman–Crippen MR) is 273 cm³/mol. The van der Waals surface area contributed by atoms with E-state index in [1.54, 1.807) is 0 Å². The molecule has 0 aliphatic carbocycles. The van der Waals surface area contributed by atoms with Gasteiger partial charge >= 0.3 is 0 Å². The first-order chi connectivity index (χ1) is 31.2. The number of nitrogens with zero attached hydrogens (tertiary/aromatic N) is 3. The Morgan fingerprint density at radius 3 is 1.25 bits per heavy atom. The van der Waals surface area contributed by atoms with Crippen LogP contribution in [-0.4, -0.2) is 9.13 Å². The summed E-state index contributed by atoms with van der Waals surface area (Å²) in [5.41, 5.74) is 10.5. The summed E-state index contributed by atoms with van der Waals surface area (Å²) in [6.07, 6.45) is 0. The number of hydrogen-bond acceptors (Lipinski definition) is 3. The van der Waals surface area contributed by atoms with Crippen LogP contribution in [0.4, 0.5) is 17.1 Å². The lowest BCUT2D eigenvalue weighted by atomic mass is 10.1. The molecule has 14 rings (SSSR count). The van der Waals surface area contributed by atoms with Crippen molar-refractivity contribution in [1.29, 1.82) is 0 Å². The van der Waals surface area contributed by atoms with Crippen molar-refractivity contribution in [2.24, 2.45) is 0 Å². The predicted octanol–water partition coefficient (Wildman–Crippen LogP) is 17.2. The first-order valence-corrected chi connectivity index (χ1v) is 23.1. The Hall–Kier alpha value is -7.70. The third-order valence-corrected chi connectivity index (χ3v) is 15.3. The fourth-order valence-corrected chi connectivity index (χ4v) is 12.6. The van der Waals surface area contributed by atoms with Crippen molar-refractivity contribution in [3.05, 3.63) is 212 Å². The quantitative estimate of drug-likeness (QED) is 0.168. The van der Waals surface area contributed by atoms with Gasteiger partial charge in [-0.1, -0.05) is 115 Å². The van der Waals surface area contributed by atoms with Crippen LogP contribution < -0.4 is 4.90 Å². The average molecular weight is 838 g/mol. The molecule has 3 nitrogen and oxygen atoms in total. The van der Waals surface area contributed by atoms with E-state index in [0.29, 0.717) is 0 Å². The number of aromatic nitrogens is 2. The van der Waals surface area contributed by atoms with Crippen LogP contribution in [0.25, 0.3) is 106 Å². The smallest absolute Gasteiger partial charge is 0.0555 e. The van der Waals surface area contributed by atoms with Gasteiger partial charge in [-0.15, -0.1) is 22.7 Å². The van der Waals surface area contributed by atoms with Gasteiger partial charge in [0.25, 0.3) is 0 Å². The fraction of sp³-hybridized carbons (Fsp3) is 0. The van der Waals surface area contributed by atoms with Crippen molar-refractivity contribution in [3.8, 4) is 11.4 Å². The van der Waals surface area contributed by atoms with Gasteiger partial charge in [0, 0.05) is 79.0 Å². The number of hydrogen-bond donors (Lipinski definition) is 0. The Kier molecular flexibility index (Phi) is 7.43. The molecule has 0 aliphatic heterocycles. The third-order valence-electron chi connectivity index (χ3n) is 13.1. The van der Waals surface area contributed by atoms with Crippen LogP contribution in [0.5, 0.6) is 0 Å². The monoisotopic (exact) mass is 837 g/mol. The van der Waals surface area contributed by atoms with Crippen molar-refractivity contribution < 1.29 is 0 Å². The molecule has 0 radical (unpaired) electrons. The van der Waals surface area contributed by atoms with Crippen molar-refractivity contribution in [3.63, 3.8) is 0 Å². The maximum atomic E-state index is 2.48. The maximum absolute atomic E-state index is 2.48. The molecule has 0 fully saturated rings. The summed E-state index contributed by atoms with van der Waals surface area (Å²) in [7, 11) is 0. The number of thiophene rings is 2. The summed E-state index contributed by atoms with van der Waals surface area (Å²) in [5.74, 6) is 0. The number of anilines is 3. The van der Waals surface area contributed by atoms with Gasteiger partial charge < -0.3 is 14.0 Å². The maximum Gasteiger partial charge on any atom is 0.0555 e. The van der Waals surface area contributed by atoms with Gasteiger partial charge in [-0.05, 0) is 108 Å². The summed E-state index contributed by atoms with van der Waals surface area (Å²) < 4.78 is 10.2. The molecule has 0 amide bonds. The third kappa shape index (κ3) is 5.12. The highest BCUT2D eigenvalue weighted by molar-refractivity contribution is 7.26. The molecule has 4 aromatic heterocycles. The van der Waals surface area contributed by atoms with Crippen LogP contribution in [0.3, 0.4) is 0 Å². The first kappa shape index (κ1) is 35.0. The zero-order valence-corrected chi connectivity index (χ0v) is 35.5. The van der Waals surface area contributed by atoms with Gasteiger partial charge in [-0.2, -0.15) is 0 Å². The number of benzene rings is 10. The largest absolute Gasteiger partial charge is 0.310 e. The van der Waals surface area contributed by atoms with E-state index in [9.17, 15) is 0 Å². The summed E-state index contributed by atoms with van der Waals surface area (Å²) in [6.45, 7) is 0. The second-order valence-corrected chi connectivity index (χ2v) is 18.6. The van der Waals surface area contributed by atoms with Crippen molar-refractivity contribution in [2.45, 2.75) is 0 Å². The highest BCUT2D eigenvalue weighted by Gasteiger charge is 2.22. The van der Waals surface area contributed by atoms with Gasteiger partial charge in [-0.3, -0.25) is 0 Å². The molecule has 294 valence electrons.